The molecular weight excluding hydrogens is 500 g/mol. The van der Waals surface area contributed by atoms with Crippen LogP contribution in [-0.4, -0.2) is 15.3 Å². The summed E-state index contributed by atoms with van der Waals surface area (Å²) >= 11 is 0. The molecule has 0 unspecified atom stereocenters. The fourth-order valence-corrected chi connectivity index (χ4v) is 6.68. The van der Waals surface area contributed by atoms with Gasteiger partial charge in [0.15, 0.2) is 5.78 Å². The first-order valence-corrected chi connectivity index (χ1v) is 13.9. The predicted molar refractivity (Wildman–Crippen MR) is 168 cm³/mol. The van der Waals surface area contributed by atoms with Crippen LogP contribution in [0.4, 0.5) is 0 Å². The normalized spacial score (nSPS) is 12.4. The van der Waals surface area contributed by atoms with Crippen LogP contribution in [0.25, 0.3) is 71.6 Å². The third-order valence-corrected chi connectivity index (χ3v) is 8.50. The van der Waals surface area contributed by atoms with Crippen molar-refractivity contribution in [3.8, 4) is 28.2 Å². The Morgan fingerprint density at radius 3 is 2.10 bits per heavy atom. The molecule has 41 heavy (non-hydrogen) atoms. The first-order valence-electron chi connectivity index (χ1n) is 13.9. The van der Waals surface area contributed by atoms with Gasteiger partial charge in [-0.05, 0) is 63.0 Å². The summed E-state index contributed by atoms with van der Waals surface area (Å²) in [5.41, 5.74) is 8.00. The molecule has 0 saturated heterocycles. The molecule has 0 radical (unpaired) electrons. The van der Waals surface area contributed by atoms with Crippen LogP contribution in [0.1, 0.15) is 15.9 Å². The van der Waals surface area contributed by atoms with Crippen LogP contribution in [0.2, 0.25) is 0 Å². The molecule has 0 N–H and O–H groups in total. The fraction of sp³-hybridized carbons (Fsp3) is 0. The van der Waals surface area contributed by atoms with E-state index >= 15 is 0 Å². The number of hydrogen-bond acceptors (Lipinski definition) is 2. The van der Waals surface area contributed by atoms with Crippen molar-refractivity contribution >= 4 is 49.1 Å². The minimum absolute atomic E-state index is 0.106. The molecule has 1 aliphatic rings. The first kappa shape index (κ1) is 22.3. The molecule has 1 heterocycles. The molecule has 7 aromatic carbocycles. The molecule has 190 valence electrons. The highest BCUT2D eigenvalue weighted by Gasteiger charge is 2.25. The van der Waals surface area contributed by atoms with E-state index in [-0.39, 0.29) is 5.78 Å². The molecule has 9 rings (SSSR count). The molecule has 3 nitrogen and oxygen atoms in total. The lowest BCUT2D eigenvalue weighted by atomic mass is 9.81. The smallest absolute Gasteiger partial charge is 0.194 e. The van der Waals surface area contributed by atoms with Crippen LogP contribution in [-0.2, 0) is 0 Å². The summed E-state index contributed by atoms with van der Waals surface area (Å²) in [7, 11) is 0. The van der Waals surface area contributed by atoms with Gasteiger partial charge in [0.25, 0.3) is 0 Å². The topological polar surface area (TPSA) is 34.9 Å². The molecule has 1 aliphatic carbocycles. The SMILES string of the molecule is O=C1c2cccc3ccc4cc(-c5ccc(-n6c(-c7ccccc7)nc7ccccc76)cc5)c5cccc1c5c4c23. The number of rotatable bonds is 3. The number of benzene rings is 7. The van der Waals surface area contributed by atoms with E-state index in [1.54, 1.807) is 0 Å². The summed E-state index contributed by atoms with van der Waals surface area (Å²) in [6, 6.07) is 46.1. The molecule has 0 fully saturated rings. The second-order valence-electron chi connectivity index (χ2n) is 10.7. The Kier molecular flexibility index (Phi) is 4.48. The zero-order valence-corrected chi connectivity index (χ0v) is 22.0. The van der Waals surface area contributed by atoms with Crippen molar-refractivity contribution in [2.45, 2.75) is 0 Å². The Labute approximate surface area is 235 Å². The van der Waals surface area contributed by atoms with Gasteiger partial charge >= 0.3 is 0 Å². The lowest BCUT2D eigenvalue weighted by Gasteiger charge is -2.21. The van der Waals surface area contributed by atoms with Gasteiger partial charge in [-0.25, -0.2) is 4.98 Å². The highest BCUT2D eigenvalue weighted by molar-refractivity contribution is 6.37. The number of aromatic nitrogens is 2. The minimum atomic E-state index is 0.106. The Morgan fingerprint density at radius 2 is 1.24 bits per heavy atom. The van der Waals surface area contributed by atoms with Crippen LogP contribution in [0.3, 0.4) is 0 Å². The van der Waals surface area contributed by atoms with Crippen molar-refractivity contribution in [1.29, 1.82) is 0 Å². The lowest BCUT2D eigenvalue weighted by Crippen LogP contribution is -2.08. The minimum Gasteiger partial charge on any atom is -0.292 e. The van der Waals surface area contributed by atoms with Crippen molar-refractivity contribution in [2.24, 2.45) is 0 Å². The summed E-state index contributed by atoms with van der Waals surface area (Å²) in [5.74, 6) is 1.03. The van der Waals surface area contributed by atoms with E-state index in [2.05, 4.69) is 89.5 Å². The third-order valence-electron chi connectivity index (χ3n) is 8.50. The van der Waals surface area contributed by atoms with Crippen LogP contribution in [0.5, 0.6) is 0 Å². The van der Waals surface area contributed by atoms with E-state index in [1.807, 2.05) is 48.5 Å². The van der Waals surface area contributed by atoms with E-state index in [9.17, 15) is 4.79 Å². The van der Waals surface area contributed by atoms with Crippen molar-refractivity contribution in [1.82, 2.24) is 9.55 Å². The maximum atomic E-state index is 13.6. The average molecular weight is 523 g/mol. The number of carbonyl (C=O) groups is 1. The van der Waals surface area contributed by atoms with E-state index < -0.39 is 0 Å². The average Bonchev–Trinajstić information content (AvgIpc) is 3.43. The van der Waals surface area contributed by atoms with Gasteiger partial charge in [-0.1, -0.05) is 103 Å². The lowest BCUT2D eigenvalue weighted by molar-refractivity contribution is 0.104. The predicted octanol–water partition coefficient (Wildman–Crippen LogP) is 9.36. The standard InChI is InChI=1S/C38H22N2O/c41-37-29-12-6-10-24-16-17-26-22-31(28-11-7-13-30(37)36(28)35(26)34(24)29)23-18-20-27(21-19-23)40-33-15-5-4-14-32(33)39-38(40)25-8-2-1-3-9-25/h1-22H. The number of ketones is 1. The number of nitrogens with zero attached hydrogens (tertiary/aromatic N) is 2. The largest absolute Gasteiger partial charge is 0.292 e. The highest BCUT2D eigenvalue weighted by Crippen LogP contribution is 2.44. The molecule has 8 aromatic rings. The fourth-order valence-electron chi connectivity index (χ4n) is 6.68. The van der Waals surface area contributed by atoms with Gasteiger partial charge in [-0.3, -0.25) is 9.36 Å². The molecule has 0 bridgehead atoms. The summed E-state index contributed by atoms with van der Waals surface area (Å²) < 4.78 is 2.23. The van der Waals surface area contributed by atoms with Gasteiger partial charge < -0.3 is 0 Å². The molecule has 0 aliphatic heterocycles. The second-order valence-corrected chi connectivity index (χ2v) is 10.7. The summed E-state index contributed by atoms with van der Waals surface area (Å²) in [6.07, 6.45) is 0. The third kappa shape index (κ3) is 3.09. The number of fused-ring (bicyclic) bond motifs is 1. The Morgan fingerprint density at radius 1 is 0.512 bits per heavy atom. The van der Waals surface area contributed by atoms with Gasteiger partial charge in [0, 0.05) is 33.2 Å². The summed E-state index contributed by atoms with van der Waals surface area (Å²) in [5, 5.41) is 6.69. The van der Waals surface area contributed by atoms with E-state index in [1.165, 1.54) is 5.39 Å². The van der Waals surface area contributed by atoms with Gasteiger partial charge in [0.1, 0.15) is 5.82 Å². The van der Waals surface area contributed by atoms with Crippen molar-refractivity contribution in [2.75, 3.05) is 0 Å². The van der Waals surface area contributed by atoms with Crippen LogP contribution < -0.4 is 0 Å². The van der Waals surface area contributed by atoms with Crippen LogP contribution in [0.15, 0.2) is 133 Å². The second kappa shape index (κ2) is 8.23. The molecule has 3 heteroatoms. The molecular formula is C38H22N2O. The highest BCUT2D eigenvalue weighted by atomic mass is 16.1. The molecule has 0 spiro atoms. The zero-order chi connectivity index (χ0) is 27.1. The molecule has 0 atom stereocenters. The van der Waals surface area contributed by atoms with Crippen molar-refractivity contribution in [3.05, 3.63) is 145 Å². The number of imidazole rings is 1. The molecule has 1 aromatic heterocycles. The maximum absolute atomic E-state index is 13.6. The van der Waals surface area contributed by atoms with Crippen molar-refractivity contribution in [3.63, 3.8) is 0 Å². The molecule has 0 saturated carbocycles. The first-order chi connectivity index (χ1) is 20.3. The van der Waals surface area contributed by atoms with Crippen molar-refractivity contribution < 1.29 is 4.79 Å². The van der Waals surface area contributed by atoms with Gasteiger partial charge in [-0.2, -0.15) is 0 Å². The van der Waals surface area contributed by atoms with Crippen LogP contribution in [0, 0.1) is 0 Å². The van der Waals surface area contributed by atoms with Crippen LogP contribution >= 0.6 is 0 Å². The Hall–Kier alpha value is -5.54. The number of hydrogen-bond donors (Lipinski definition) is 0. The van der Waals surface area contributed by atoms with Gasteiger partial charge in [-0.15, -0.1) is 0 Å². The van der Waals surface area contributed by atoms with Gasteiger partial charge in [0.2, 0.25) is 0 Å². The van der Waals surface area contributed by atoms with E-state index in [0.29, 0.717) is 0 Å². The Balaban J connectivity index is 1.27. The quantitative estimate of drug-likeness (QED) is 0.217. The van der Waals surface area contributed by atoms with E-state index in [4.69, 9.17) is 4.98 Å². The summed E-state index contributed by atoms with van der Waals surface area (Å²) in [6.45, 7) is 0. The Bertz CT molecular complexity index is 2360. The summed E-state index contributed by atoms with van der Waals surface area (Å²) in [4.78, 5) is 18.6. The maximum Gasteiger partial charge on any atom is 0.194 e. The zero-order valence-electron chi connectivity index (χ0n) is 22.0. The monoisotopic (exact) mass is 522 g/mol. The number of para-hydroxylation sites is 2. The van der Waals surface area contributed by atoms with Gasteiger partial charge in [0.05, 0.1) is 11.0 Å². The number of carbonyl (C=O) groups excluding carboxylic acids is 1. The molecule has 0 amide bonds. The van der Waals surface area contributed by atoms with E-state index in [0.717, 1.165) is 77.3 Å².